The number of hydrogen-bond acceptors (Lipinski definition) is 4. The molecule has 0 aromatic heterocycles. The predicted octanol–water partition coefficient (Wildman–Crippen LogP) is 0.206. The monoisotopic (exact) mass is 246 g/mol. The summed E-state index contributed by atoms with van der Waals surface area (Å²) < 4.78 is 9.73. The zero-order valence-corrected chi connectivity index (χ0v) is 10.7. The molecule has 0 atom stereocenters. The van der Waals surface area contributed by atoms with Crippen molar-refractivity contribution in [2.45, 2.75) is 40.9 Å². The molecule has 0 saturated carbocycles. The fourth-order valence-electron chi connectivity index (χ4n) is 0.0833. The molecule has 0 aromatic rings. The number of methoxy groups -OCH3 is 2. The SMILES string of the molecule is C.CC(C)=O.CO.COC(C)(C)OC.O.O. The second-order valence-electron chi connectivity index (χ2n) is 2.72. The van der Waals surface area contributed by atoms with Gasteiger partial charge in [0.2, 0.25) is 0 Å². The zero-order chi connectivity index (χ0) is 11.5. The summed E-state index contributed by atoms with van der Waals surface area (Å²) in [7, 11) is 4.23. The molecule has 0 aliphatic heterocycles. The molecule has 0 spiro atoms. The van der Waals surface area contributed by atoms with Gasteiger partial charge in [-0.2, -0.15) is 0 Å². The molecule has 0 bridgehead atoms. The Morgan fingerprint density at radius 3 is 1.12 bits per heavy atom. The van der Waals surface area contributed by atoms with Crippen LogP contribution in [0.5, 0.6) is 0 Å². The Balaban J connectivity index is -0.0000000247. The molecule has 0 radical (unpaired) electrons. The Kier molecular flexibility index (Phi) is 54.1. The van der Waals surface area contributed by atoms with Gasteiger partial charge in [0.25, 0.3) is 0 Å². The van der Waals surface area contributed by atoms with Gasteiger partial charge in [-0.05, 0) is 27.7 Å². The Bertz CT molecular complexity index is 104. The van der Waals surface area contributed by atoms with Crippen molar-refractivity contribution in [2.75, 3.05) is 21.3 Å². The highest BCUT2D eigenvalue weighted by Gasteiger charge is 2.11. The minimum Gasteiger partial charge on any atom is -0.412 e. The second-order valence-corrected chi connectivity index (χ2v) is 2.72. The van der Waals surface area contributed by atoms with Crippen LogP contribution in [0.2, 0.25) is 0 Å². The van der Waals surface area contributed by atoms with E-state index in [1.165, 1.54) is 13.8 Å². The summed E-state index contributed by atoms with van der Waals surface area (Å²) in [4.78, 5) is 9.44. The zero-order valence-electron chi connectivity index (χ0n) is 10.7. The Hall–Kier alpha value is -0.530. The van der Waals surface area contributed by atoms with E-state index in [1.54, 1.807) is 14.2 Å². The lowest BCUT2D eigenvalue weighted by atomic mass is 10.4. The van der Waals surface area contributed by atoms with Crippen LogP contribution in [0.25, 0.3) is 0 Å². The minimum absolute atomic E-state index is 0. The topological polar surface area (TPSA) is 119 Å². The fraction of sp³-hybridized carbons (Fsp3) is 0.900. The Morgan fingerprint density at radius 2 is 1.12 bits per heavy atom. The number of carbonyl (C=O) groups is 1. The van der Waals surface area contributed by atoms with Gasteiger partial charge in [-0.1, -0.05) is 7.43 Å². The van der Waals surface area contributed by atoms with Crippen molar-refractivity contribution < 1.29 is 30.3 Å². The van der Waals surface area contributed by atoms with E-state index in [4.69, 9.17) is 14.6 Å². The van der Waals surface area contributed by atoms with Gasteiger partial charge in [0.05, 0.1) is 0 Å². The third-order valence-corrected chi connectivity index (χ3v) is 0.983. The molecule has 6 heteroatoms. The summed E-state index contributed by atoms with van der Waals surface area (Å²) in [6, 6.07) is 0. The molecule has 0 saturated heterocycles. The van der Waals surface area contributed by atoms with Gasteiger partial charge in [-0.25, -0.2) is 0 Å². The molecule has 0 amide bonds. The summed E-state index contributed by atoms with van der Waals surface area (Å²) >= 11 is 0. The normalized spacial score (nSPS) is 7.25. The van der Waals surface area contributed by atoms with Crippen molar-refractivity contribution in [1.29, 1.82) is 0 Å². The van der Waals surface area contributed by atoms with E-state index >= 15 is 0 Å². The van der Waals surface area contributed by atoms with E-state index in [0.717, 1.165) is 7.11 Å². The van der Waals surface area contributed by atoms with Crippen molar-refractivity contribution in [3.63, 3.8) is 0 Å². The molecule has 0 rings (SSSR count). The lowest BCUT2D eigenvalue weighted by Crippen LogP contribution is -2.24. The van der Waals surface area contributed by atoms with E-state index in [-0.39, 0.29) is 24.2 Å². The average molecular weight is 246 g/mol. The molecule has 0 aliphatic rings. The highest BCUT2D eigenvalue weighted by Crippen LogP contribution is 2.05. The first-order valence-corrected chi connectivity index (χ1v) is 3.88. The molecule has 0 aliphatic carbocycles. The van der Waals surface area contributed by atoms with Crippen LogP contribution < -0.4 is 0 Å². The van der Waals surface area contributed by atoms with E-state index in [1.807, 2.05) is 13.8 Å². The van der Waals surface area contributed by atoms with Crippen LogP contribution in [0.15, 0.2) is 0 Å². The lowest BCUT2D eigenvalue weighted by Gasteiger charge is -2.19. The summed E-state index contributed by atoms with van der Waals surface area (Å²) in [5, 5.41) is 7.00. The van der Waals surface area contributed by atoms with Crippen molar-refractivity contribution in [3.8, 4) is 0 Å². The summed E-state index contributed by atoms with van der Waals surface area (Å²) in [6.07, 6.45) is 0. The van der Waals surface area contributed by atoms with Gasteiger partial charge >= 0.3 is 0 Å². The van der Waals surface area contributed by atoms with E-state index < -0.39 is 5.79 Å². The summed E-state index contributed by atoms with van der Waals surface area (Å²) in [5.74, 6) is -0.250. The van der Waals surface area contributed by atoms with Gasteiger partial charge in [0.15, 0.2) is 5.79 Å². The average Bonchev–Trinajstić information content (AvgIpc) is 2.07. The van der Waals surface area contributed by atoms with Gasteiger partial charge in [0, 0.05) is 21.3 Å². The number of aliphatic hydroxyl groups excluding tert-OH is 1. The van der Waals surface area contributed by atoms with Crippen LogP contribution in [0.3, 0.4) is 0 Å². The van der Waals surface area contributed by atoms with E-state index in [9.17, 15) is 4.79 Å². The largest absolute Gasteiger partial charge is 0.412 e. The standard InChI is InChI=1S/C5H12O2.C3H6O.CH4O.CH4.2H2O/c1-5(2,6-3)7-4;1-3(2)4;1-2;;;/h1-4H3;1-2H3;2H,1H3;1H4;2*1H2. The second kappa shape index (κ2) is 24.0. The summed E-state index contributed by atoms with van der Waals surface area (Å²) in [5.41, 5.74) is 0. The summed E-state index contributed by atoms with van der Waals surface area (Å²) in [6.45, 7) is 6.76. The van der Waals surface area contributed by atoms with Crippen molar-refractivity contribution in [1.82, 2.24) is 0 Å². The smallest absolute Gasteiger partial charge is 0.161 e. The number of carbonyl (C=O) groups excluding carboxylic acids is 1. The van der Waals surface area contributed by atoms with Crippen LogP contribution in [-0.4, -0.2) is 49.0 Å². The van der Waals surface area contributed by atoms with Crippen molar-refractivity contribution >= 4 is 5.78 Å². The van der Waals surface area contributed by atoms with Gasteiger partial charge < -0.3 is 30.3 Å². The number of rotatable bonds is 2. The van der Waals surface area contributed by atoms with E-state index in [2.05, 4.69) is 0 Å². The van der Waals surface area contributed by atoms with Crippen LogP contribution in [0.1, 0.15) is 35.1 Å². The maximum Gasteiger partial charge on any atom is 0.161 e. The molecule has 16 heavy (non-hydrogen) atoms. The number of Topliss-reactive ketones (excluding diaryl/α,β-unsaturated/α-hetero) is 1. The van der Waals surface area contributed by atoms with Crippen molar-refractivity contribution in [2.24, 2.45) is 0 Å². The minimum atomic E-state index is -0.417. The number of aliphatic hydroxyl groups is 1. The third-order valence-electron chi connectivity index (χ3n) is 0.983. The molecule has 0 heterocycles. The van der Waals surface area contributed by atoms with Gasteiger partial charge in [-0.15, -0.1) is 0 Å². The van der Waals surface area contributed by atoms with E-state index in [0.29, 0.717) is 0 Å². The molecule has 0 fully saturated rings. The number of hydrogen-bond donors (Lipinski definition) is 1. The van der Waals surface area contributed by atoms with Crippen molar-refractivity contribution in [3.05, 3.63) is 0 Å². The quantitative estimate of drug-likeness (QED) is 0.700. The molecule has 5 N–H and O–H groups in total. The highest BCUT2D eigenvalue weighted by molar-refractivity contribution is 5.72. The predicted molar refractivity (Wildman–Crippen MR) is 66.6 cm³/mol. The third kappa shape index (κ3) is 70.0. The molecule has 6 nitrogen and oxygen atoms in total. The number of ketones is 1. The molecule has 0 aromatic carbocycles. The Labute approximate surface area is 99.2 Å². The van der Waals surface area contributed by atoms with Crippen LogP contribution >= 0.6 is 0 Å². The van der Waals surface area contributed by atoms with Crippen LogP contribution in [-0.2, 0) is 14.3 Å². The first-order chi connectivity index (χ1) is 5.85. The van der Waals surface area contributed by atoms with Gasteiger partial charge in [0.1, 0.15) is 5.78 Å². The maximum absolute atomic E-state index is 9.44. The lowest BCUT2D eigenvalue weighted by molar-refractivity contribution is -0.178. The molecular weight excluding hydrogens is 216 g/mol. The highest BCUT2D eigenvalue weighted by atomic mass is 16.7. The first-order valence-electron chi connectivity index (χ1n) is 3.88. The van der Waals surface area contributed by atoms with Crippen LogP contribution in [0, 0.1) is 0 Å². The molecule has 0 unspecified atom stereocenters. The van der Waals surface area contributed by atoms with Crippen LogP contribution in [0.4, 0.5) is 0 Å². The maximum atomic E-state index is 9.44. The number of ether oxygens (including phenoxy) is 2. The molecular formula is C10H30O6. The Morgan fingerprint density at radius 1 is 1.00 bits per heavy atom. The molecule has 106 valence electrons. The first kappa shape index (κ1) is 36.1. The fourth-order valence-corrected chi connectivity index (χ4v) is 0.0833. The van der Waals surface area contributed by atoms with Gasteiger partial charge in [-0.3, -0.25) is 0 Å².